The second-order valence-electron chi connectivity index (χ2n) is 3.42. The van der Waals surface area contributed by atoms with Gasteiger partial charge in [0.05, 0.1) is 23.1 Å². The van der Waals surface area contributed by atoms with E-state index in [2.05, 4.69) is 15.6 Å². The van der Waals surface area contributed by atoms with Crippen LogP contribution in [-0.4, -0.2) is 17.4 Å². The van der Waals surface area contributed by atoms with E-state index in [-0.39, 0.29) is 5.91 Å². The van der Waals surface area contributed by atoms with Crippen molar-refractivity contribution in [2.75, 3.05) is 17.2 Å². The third-order valence-corrected chi connectivity index (χ3v) is 2.90. The minimum Gasteiger partial charge on any atom is -0.383 e. The van der Waals surface area contributed by atoms with Crippen LogP contribution in [0.4, 0.5) is 11.4 Å². The van der Waals surface area contributed by atoms with Gasteiger partial charge in [-0.3, -0.25) is 9.78 Å². The standard InChI is InChI=1S/C12H13N3OS/c1-2-14-11-7-13-5-3-10(11)12(16)15-9-4-6-17-8-9/h3-8,14H,2H2,1H3,(H,15,16). The number of nitrogens with one attached hydrogen (secondary N) is 2. The van der Waals surface area contributed by atoms with Crippen LogP contribution in [0, 0.1) is 0 Å². The molecule has 0 saturated heterocycles. The molecule has 2 aromatic heterocycles. The summed E-state index contributed by atoms with van der Waals surface area (Å²) in [5.41, 5.74) is 2.18. The Bertz CT molecular complexity index is 496. The number of thiophene rings is 1. The lowest BCUT2D eigenvalue weighted by Gasteiger charge is -2.09. The Morgan fingerprint density at radius 2 is 2.35 bits per heavy atom. The summed E-state index contributed by atoms with van der Waals surface area (Å²) in [7, 11) is 0. The van der Waals surface area contributed by atoms with E-state index in [1.54, 1.807) is 29.8 Å². The molecule has 0 saturated carbocycles. The number of anilines is 2. The molecule has 4 nitrogen and oxygen atoms in total. The van der Waals surface area contributed by atoms with E-state index < -0.39 is 0 Å². The molecule has 0 bridgehead atoms. The van der Waals surface area contributed by atoms with Crippen molar-refractivity contribution in [2.24, 2.45) is 0 Å². The van der Waals surface area contributed by atoms with Crippen molar-refractivity contribution in [3.05, 3.63) is 40.8 Å². The van der Waals surface area contributed by atoms with Crippen molar-refractivity contribution in [3.8, 4) is 0 Å². The third-order valence-electron chi connectivity index (χ3n) is 2.21. The minimum atomic E-state index is -0.123. The molecule has 5 heteroatoms. The summed E-state index contributed by atoms with van der Waals surface area (Å²) in [5.74, 6) is -0.123. The van der Waals surface area contributed by atoms with E-state index in [0.717, 1.165) is 17.9 Å². The normalized spacial score (nSPS) is 9.94. The first-order valence-corrected chi connectivity index (χ1v) is 6.27. The monoisotopic (exact) mass is 247 g/mol. The average molecular weight is 247 g/mol. The molecule has 0 radical (unpaired) electrons. The van der Waals surface area contributed by atoms with Gasteiger partial charge in [0.2, 0.25) is 0 Å². The van der Waals surface area contributed by atoms with Gasteiger partial charge in [0.1, 0.15) is 0 Å². The fourth-order valence-corrected chi connectivity index (χ4v) is 2.05. The molecule has 17 heavy (non-hydrogen) atoms. The molecule has 2 N–H and O–H groups in total. The number of pyridine rings is 1. The molecule has 1 amide bonds. The van der Waals surface area contributed by atoms with E-state index >= 15 is 0 Å². The Balaban J connectivity index is 2.18. The number of aromatic nitrogens is 1. The molecule has 0 aliphatic carbocycles. The zero-order valence-electron chi connectivity index (χ0n) is 9.43. The molecule has 0 unspecified atom stereocenters. The molecule has 0 aliphatic rings. The van der Waals surface area contributed by atoms with Crippen LogP contribution in [0.3, 0.4) is 0 Å². The van der Waals surface area contributed by atoms with Gasteiger partial charge in [0.25, 0.3) is 5.91 Å². The molecule has 0 fully saturated rings. The van der Waals surface area contributed by atoms with Crippen LogP contribution >= 0.6 is 11.3 Å². The summed E-state index contributed by atoms with van der Waals surface area (Å²) in [6.07, 6.45) is 3.27. The van der Waals surface area contributed by atoms with Crippen molar-refractivity contribution < 1.29 is 4.79 Å². The number of carbonyl (C=O) groups excluding carboxylic acids is 1. The maximum Gasteiger partial charge on any atom is 0.257 e. The highest BCUT2D eigenvalue weighted by Gasteiger charge is 2.11. The zero-order chi connectivity index (χ0) is 12.1. The van der Waals surface area contributed by atoms with E-state index in [1.165, 1.54) is 0 Å². The lowest BCUT2D eigenvalue weighted by Crippen LogP contribution is -2.14. The van der Waals surface area contributed by atoms with Crippen molar-refractivity contribution in [1.82, 2.24) is 4.98 Å². The Morgan fingerprint density at radius 3 is 3.06 bits per heavy atom. The van der Waals surface area contributed by atoms with E-state index in [4.69, 9.17) is 0 Å². The van der Waals surface area contributed by atoms with Crippen LogP contribution in [-0.2, 0) is 0 Å². The molecule has 0 aromatic carbocycles. The number of rotatable bonds is 4. The highest BCUT2D eigenvalue weighted by Crippen LogP contribution is 2.17. The van der Waals surface area contributed by atoms with Gasteiger partial charge in [-0.15, -0.1) is 0 Å². The summed E-state index contributed by atoms with van der Waals surface area (Å²) in [6.45, 7) is 2.73. The van der Waals surface area contributed by atoms with Gasteiger partial charge in [0.15, 0.2) is 0 Å². The summed E-state index contributed by atoms with van der Waals surface area (Å²) < 4.78 is 0. The summed E-state index contributed by atoms with van der Waals surface area (Å²) in [5, 5.41) is 9.78. The number of carbonyl (C=O) groups is 1. The van der Waals surface area contributed by atoms with Gasteiger partial charge in [-0.25, -0.2) is 0 Å². The molecule has 0 atom stereocenters. The van der Waals surface area contributed by atoms with Gasteiger partial charge in [-0.2, -0.15) is 11.3 Å². The number of nitrogens with zero attached hydrogens (tertiary/aromatic N) is 1. The number of hydrogen-bond donors (Lipinski definition) is 2. The molecule has 2 rings (SSSR count). The van der Waals surface area contributed by atoms with Crippen molar-refractivity contribution >= 4 is 28.6 Å². The van der Waals surface area contributed by atoms with E-state index in [1.807, 2.05) is 23.8 Å². The molecular formula is C12H13N3OS. The second kappa shape index (κ2) is 5.45. The lowest BCUT2D eigenvalue weighted by atomic mass is 10.2. The highest BCUT2D eigenvalue weighted by molar-refractivity contribution is 7.08. The Hall–Kier alpha value is -1.88. The quantitative estimate of drug-likeness (QED) is 0.873. The fraction of sp³-hybridized carbons (Fsp3) is 0.167. The fourth-order valence-electron chi connectivity index (χ4n) is 1.46. The largest absolute Gasteiger partial charge is 0.383 e. The Kier molecular flexibility index (Phi) is 3.72. The summed E-state index contributed by atoms with van der Waals surface area (Å²) in [4.78, 5) is 16.0. The topological polar surface area (TPSA) is 54.0 Å². The van der Waals surface area contributed by atoms with E-state index in [9.17, 15) is 4.79 Å². The first-order valence-electron chi connectivity index (χ1n) is 5.32. The first kappa shape index (κ1) is 11.6. The maximum atomic E-state index is 12.0. The van der Waals surface area contributed by atoms with Gasteiger partial charge in [0, 0.05) is 18.1 Å². The van der Waals surface area contributed by atoms with Crippen molar-refractivity contribution in [3.63, 3.8) is 0 Å². The number of hydrogen-bond acceptors (Lipinski definition) is 4. The molecule has 2 heterocycles. The predicted molar refractivity (Wildman–Crippen MR) is 70.7 cm³/mol. The van der Waals surface area contributed by atoms with Gasteiger partial charge >= 0.3 is 0 Å². The van der Waals surface area contributed by atoms with Crippen LogP contribution in [0.25, 0.3) is 0 Å². The average Bonchev–Trinajstić information content (AvgIpc) is 2.83. The lowest BCUT2D eigenvalue weighted by molar-refractivity contribution is 0.102. The number of amides is 1. The third kappa shape index (κ3) is 2.82. The van der Waals surface area contributed by atoms with Crippen LogP contribution in [0.15, 0.2) is 35.3 Å². The predicted octanol–water partition coefficient (Wildman–Crippen LogP) is 2.83. The maximum absolute atomic E-state index is 12.0. The zero-order valence-corrected chi connectivity index (χ0v) is 10.3. The first-order chi connectivity index (χ1) is 8.31. The van der Waals surface area contributed by atoms with Crippen LogP contribution in [0.1, 0.15) is 17.3 Å². The summed E-state index contributed by atoms with van der Waals surface area (Å²) >= 11 is 1.55. The molecule has 0 spiro atoms. The Labute approximate surface area is 104 Å². The van der Waals surface area contributed by atoms with Gasteiger partial charge in [-0.05, 0) is 24.4 Å². The Morgan fingerprint density at radius 1 is 1.47 bits per heavy atom. The minimum absolute atomic E-state index is 0.123. The van der Waals surface area contributed by atoms with Crippen LogP contribution < -0.4 is 10.6 Å². The van der Waals surface area contributed by atoms with Crippen LogP contribution in [0.2, 0.25) is 0 Å². The SMILES string of the molecule is CCNc1cnccc1C(=O)Nc1ccsc1. The van der Waals surface area contributed by atoms with Gasteiger partial charge in [-0.1, -0.05) is 0 Å². The van der Waals surface area contributed by atoms with Crippen molar-refractivity contribution in [2.45, 2.75) is 6.92 Å². The van der Waals surface area contributed by atoms with Gasteiger partial charge < -0.3 is 10.6 Å². The van der Waals surface area contributed by atoms with E-state index in [0.29, 0.717) is 5.56 Å². The molecular weight excluding hydrogens is 234 g/mol. The highest BCUT2D eigenvalue weighted by atomic mass is 32.1. The second-order valence-corrected chi connectivity index (χ2v) is 4.20. The molecule has 88 valence electrons. The molecule has 2 aromatic rings. The van der Waals surface area contributed by atoms with Crippen LogP contribution in [0.5, 0.6) is 0 Å². The smallest absolute Gasteiger partial charge is 0.257 e. The molecule has 0 aliphatic heterocycles. The summed E-state index contributed by atoms with van der Waals surface area (Å²) in [6, 6.07) is 3.58. The van der Waals surface area contributed by atoms with Crippen molar-refractivity contribution in [1.29, 1.82) is 0 Å².